The number of carbonyl (C=O) groups excluding carboxylic acids is 1. The summed E-state index contributed by atoms with van der Waals surface area (Å²) in [5.74, 6) is 1.43. The Labute approximate surface area is 163 Å². The summed E-state index contributed by atoms with van der Waals surface area (Å²) in [6.07, 6.45) is 2.67. The summed E-state index contributed by atoms with van der Waals surface area (Å²) >= 11 is 0. The van der Waals surface area contributed by atoms with Crippen LogP contribution >= 0.6 is 0 Å². The maximum atomic E-state index is 12.8. The Morgan fingerprint density at radius 1 is 0.963 bits per heavy atom. The molecule has 144 valence electrons. The van der Waals surface area contributed by atoms with Gasteiger partial charge in [0.2, 0.25) is 0 Å². The predicted octanol–water partition coefficient (Wildman–Crippen LogP) is 5.40. The molecule has 0 spiro atoms. The first kappa shape index (κ1) is 19.6. The Morgan fingerprint density at radius 3 is 2.15 bits per heavy atom. The standard InChI is InChI=1S/C24H31NO2/c1-23(2)15-19(16-24(3,4)25-23)14-22(26)20-10-12-21(13-11-20)27-17-18-8-6-5-7-9-18/h5-13,19,25H,14-17H2,1-4H3. The molecule has 2 aromatic carbocycles. The molecule has 0 radical (unpaired) electrons. The van der Waals surface area contributed by atoms with E-state index < -0.39 is 0 Å². The Hall–Kier alpha value is -2.13. The highest BCUT2D eigenvalue weighted by molar-refractivity contribution is 5.96. The van der Waals surface area contributed by atoms with Crippen molar-refractivity contribution in [3.05, 3.63) is 65.7 Å². The number of carbonyl (C=O) groups is 1. The summed E-state index contributed by atoms with van der Waals surface area (Å²) in [6, 6.07) is 17.7. The van der Waals surface area contributed by atoms with E-state index >= 15 is 0 Å². The van der Waals surface area contributed by atoms with Crippen LogP contribution in [0.1, 0.15) is 62.9 Å². The normalized spacial score (nSPS) is 18.8. The number of hydrogen-bond acceptors (Lipinski definition) is 3. The average Bonchev–Trinajstić information content (AvgIpc) is 2.58. The lowest BCUT2D eigenvalue weighted by atomic mass is 9.74. The minimum Gasteiger partial charge on any atom is -0.489 e. The van der Waals surface area contributed by atoms with E-state index in [0.717, 1.165) is 29.7 Å². The van der Waals surface area contributed by atoms with Crippen LogP contribution in [0.5, 0.6) is 5.75 Å². The minimum absolute atomic E-state index is 0.0713. The van der Waals surface area contributed by atoms with Gasteiger partial charge in [-0.25, -0.2) is 0 Å². The molecule has 0 saturated carbocycles. The second-order valence-corrected chi connectivity index (χ2v) is 9.09. The number of rotatable bonds is 6. The van der Waals surface area contributed by atoms with E-state index in [-0.39, 0.29) is 16.9 Å². The fourth-order valence-electron chi connectivity index (χ4n) is 4.54. The fourth-order valence-corrected chi connectivity index (χ4v) is 4.54. The lowest BCUT2D eigenvalue weighted by Gasteiger charge is -2.46. The van der Waals surface area contributed by atoms with Gasteiger partial charge in [-0.1, -0.05) is 30.3 Å². The third kappa shape index (κ3) is 5.67. The van der Waals surface area contributed by atoms with Crippen LogP contribution in [0.3, 0.4) is 0 Å². The second-order valence-electron chi connectivity index (χ2n) is 9.09. The van der Waals surface area contributed by atoms with Crippen LogP contribution in [0.4, 0.5) is 0 Å². The molecule has 0 atom stereocenters. The van der Waals surface area contributed by atoms with E-state index in [1.165, 1.54) is 0 Å². The van der Waals surface area contributed by atoms with Gasteiger partial charge in [0.05, 0.1) is 0 Å². The molecule has 0 aromatic heterocycles. The summed E-state index contributed by atoms with van der Waals surface area (Å²) in [5.41, 5.74) is 2.05. The minimum atomic E-state index is 0.0713. The van der Waals surface area contributed by atoms with Crippen LogP contribution in [0, 0.1) is 5.92 Å². The Bertz CT molecular complexity index is 747. The summed E-state index contributed by atoms with van der Waals surface area (Å²) in [7, 11) is 0. The fraction of sp³-hybridized carbons (Fsp3) is 0.458. The molecule has 1 N–H and O–H groups in total. The van der Waals surface area contributed by atoms with Crippen molar-refractivity contribution in [1.29, 1.82) is 0 Å². The number of benzene rings is 2. The molecule has 3 rings (SSSR count). The molecule has 0 amide bonds. The van der Waals surface area contributed by atoms with Gasteiger partial charge in [-0.2, -0.15) is 0 Å². The van der Waals surface area contributed by atoms with E-state index in [2.05, 4.69) is 33.0 Å². The van der Waals surface area contributed by atoms with Gasteiger partial charge in [0.1, 0.15) is 12.4 Å². The average molecular weight is 366 g/mol. The van der Waals surface area contributed by atoms with Crippen LogP contribution in [0.15, 0.2) is 54.6 Å². The molecule has 0 aliphatic carbocycles. The second kappa shape index (κ2) is 7.85. The Kier molecular flexibility index (Phi) is 5.71. The van der Waals surface area contributed by atoms with E-state index in [0.29, 0.717) is 18.9 Å². The van der Waals surface area contributed by atoms with Crippen molar-refractivity contribution < 1.29 is 9.53 Å². The van der Waals surface area contributed by atoms with Crippen LogP contribution in [0.2, 0.25) is 0 Å². The highest BCUT2D eigenvalue weighted by Gasteiger charge is 2.38. The van der Waals surface area contributed by atoms with Crippen molar-refractivity contribution in [1.82, 2.24) is 5.32 Å². The van der Waals surface area contributed by atoms with Crippen LogP contribution in [-0.4, -0.2) is 16.9 Å². The van der Waals surface area contributed by atoms with Gasteiger partial charge in [0.25, 0.3) is 0 Å². The van der Waals surface area contributed by atoms with Crippen molar-refractivity contribution in [2.75, 3.05) is 0 Å². The molecule has 1 fully saturated rings. The molecule has 3 heteroatoms. The van der Waals surface area contributed by atoms with Crippen molar-refractivity contribution in [2.24, 2.45) is 5.92 Å². The topological polar surface area (TPSA) is 38.3 Å². The SMILES string of the molecule is CC1(C)CC(CC(=O)c2ccc(OCc3ccccc3)cc2)CC(C)(C)N1. The summed E-state index contributed by atoms with van der Waals surface area (Å²) in [5, 5.41) is 3.68. The zero-order chi connectivity index (χ0) is 19.5. The number of hydrogen-bond donors (Lipinski definition) is 1. The quantitative estimate of drug-likeness (QED) is 0.697. The number of piperidine rings is 1. The number of ketones is 1. The maximum absolute atomic E-state index is 12.8. The van der Waals surface area contributed by atoms with E-state index in [4.69, 9.17) is 4.74 Å². The van der Waals surface area contributed by atoms with Crippen LogP contribution in [0.25, 0.3) is 0 Å². The highest BCUT2D eigenvalue weighted by Crippen LogP contribution is 2.35. The van der Waals surface area contributed by atoms with Crippen molar-refractivity contribution in [3.63, 3.8) is 0 Å². The Morgan fingerprint density at radius 2 is 1.56 bits per heavy atom. The van der Waals surface area contributed by atoms with Gasteiger partial charge in [0.15, 0.2) is 5.78 Å². The molecule has 1 aliphatic rings. The number of nitrogens with one attached hydrogen (secondary N) is 1. The van der Waals surface area contributed by atoms with Crippen molar-refractivity contribution >= 4 is 5.78 Å². The zero-order valence-electron chi connectivity index (χ0n) is 16.9. The van der Waals surface area contributed by atoms with E-state index in [1.807, 2.05) is 54.6 Å². The third-order valence-corrected chi connectivity index (χ3v) is 5.17. The molecule has 1 heterocycles. The highest BCUT2D eigenvalue weighted by atomic mass is 16.5. The molecule has 1 aliphatic heterocycles. The molecule has 3 nitrogen and oxygen atoms in total. The zero-order valence-corrected chi connectivity index (χ0v) is 16.9. The molecule has 1 saturated heterocycles. The first-order valence-corrected chi connectivity index (χ1v) is 9.82. The van der Waals surface area contributed by atoms with Gasteiger partial charge in [-0.05, 0) is 76.3 Å². The van der Waals surface area contributed by atoms with Gasteiger partial charge in [0, 0.05) is 23.1 Å². The van der Waals surface area contributed by atoms with E-state index in [9.17, 15) is 4.79 Å². The number of Topliss-reactive ketones (excluding diaryl/α,β-unsaturated/α-hetero) is 1. The lowest BCUT2D eigenvalue weighted by Crippen LogP contribution is -2.57. The van der Waals surface area contributed by atoms with Gasteiger partial charge >= 0.3 is 0 Å². The number of ether oxygens (including phenoxy) is 1. The maximum Gasteiger partial charge on any atom is 0.163 e. The molecule has 2 aromatic rings. The van der Waals surface area contributed by atoms with Gasteiger partial charge in [-0.15, -0.1) is 0 Å². The first-order chi connectivity index (χ1) is 12.7. The molecule has 0 unspecified atom stereocenters. The molecule has 27 heavy (non-hydrogen) atoms. The first-order valence-electron chi connectivity index (χ1n) is 9.82. The molecule has 0 bridgehead atoms. The summed E-state index contributed by atoms with van der Waals surface area (Å²) < 4.78 is 5.81. The smallest absolute Gasteiger partial charge is 0.163 e. The monoisotopic (exact) mass is 365 g/mol. The van der Waals surface area contributed by atoms with Crippen molar-refractivity contribution in [3.8, 4) is 5.75 Å². The molecular formula is C24H31NO2. The predicted molar refractivity (Wildman–Crippen MR) is 110 cm³/mol. The van der Waals surface area contributed by atoms with Crippen LogP contribution < -0.4 is 10.1 Å². The van der Waals surface area contributed by atoms with Crippen molar-refractivity contribution in [2.45, 2.75) is 64.6 Å². The van der Waals surface area contributed by atoms with Gasteiger partial charge < -0.3 is 10.1 Å². The largest absolute Gasteiger partial charge is 0.489 e. The van der Waals surface area contributed by atoms with Gasteiger partial charge in [-0.3, -0.25) is 4.79 Å². The molecular weight excluding hydrogens is 334 g/mol. The van der Waals surface area contributed by atoms with Crippen LogP contribution in [-0.2, 0) is 6.61 Å². The van der Waals surface area contributed by atoms with E-state index in [1.54, 1.807) is 0 Å². The lowest BCUT2D eigenvalue weighted by molar-refractivity contribution is 0.0864. The summed E-state index contributed by atoms with van der Waals surface area (Å²) in [6.45, 7) is 9.44. The third-order valence-electron chi connectivity index (χ3n) is 5.17. The Balaban J connectivity index is 1.57. The summed E-state index contributed by atoms with van der Waals surface area (Å²) in [4.78, 5) is 12.8.